The van der Waals surface area contributed by atoms with Crippen LogP contribution >= 0.6 is 0 Å². The number of carboxylic acid groups (broad SMARTS) is 1. The molecule has 1 atom stereocenters. The second kappa shape index (κ2) is 8.03. The SMILES string of the molecule is CCCN1c2cccnc2-n2cccc2C12CCN(C(=O)C1(F)CC1)C2.O=C(O)C(F)(F)F. The van der Waals surface area contributed by atoms with Crippen LogP contribution in [0.15, 0.2) is 36.7 Å². The van der Waals surface area contributed by atoms with Gasteiger partial charge in [0.1, 0.15) is 5.54 Å². The van der Waals surface area contributed by atoms with Gasteiger partial charge in [0.15, 0.2) is 11.5 Å². The van der Waals surface area contributed by atoms with Gasteiger partial charge in [0.05, 0.1) is 11.4 Å². The van der Waals surface area contributed by atoms with Crippen LogP contribution in [-0.4, -0.2) is 62.9 Å². The Balaban J connectivity index is 0.000000325. The highest BCUT2D eigenvalue weighted by molar-refractivity contribution is 5.88. The molecule has 2 fully saturated rings. The summed E-state index contributed by atoms with van der Waals surface area (Å²) in [6.07, 6.45) is 1.32. The van der Waals surface area contributed by atoms with Crippen LogP contribution in [0, 0.1) is 0 Å². The summed E-state index contributed by atoms with van der Waals surface area (Å²) in [5, 5.41) is 7.12. The van der Waals surface area contributed by atoms with E-state index in [2.05, 4.69) is 33.5 Å². The molecule has 5 rings (SSSR count). The van der Waals surface area contributed by atoms with E-state index in [9.17, 15) is 22.4 Å². The Kier molecular flexibility index (Phi) is 5.61. The normalized spacial score (nSPS) is 22.3. The number of likely N-dealkylation sites (tertiary alicyclic amines) is 1. The molecule has 7 nitrogen and oxygen atoms in total. The van der Waals surface area contributed by atoms with Gasteiger partial charge in [-0.25, -0.2) is 14.2 Å². The third-order valence-corrected chi connectivity index (χ3v) is 6.32. The van der Waals surface area contributed by atoms with Crippen LogP contribution in [0.1, 0.15) is 38.3 Å². The lowest BCUT2D eigenvalue weighted by molar-refractivity contribution is -0.192. The van der Waals surface area contributed by atoms with Crippen molar-refractivity contribution in [3.8, 4) is 5.82 Å². The van der Waals surface area contributed by atoms with E-state index in [1.165, 1.54) is 0 Å². The number of anilines is 1. The monoisotopic (exact) mass is 468 g/mol. The molecular weight excluding hydrogens is 444 g/mol. The summed E-state index contributed by atoms with van der Waals surface area (Å²) in [4.78, 5) is 30.3. The highest BCUT2D eigenvalue weighted by Gasteiger charge is 2.57. The van der Waals surface area contributed by atoms with Crippen molar-refractivity contribution in [3.05, 3.63) is 42.4 Å². The molecule has 1 unspecified atom stereocenters. The Morgan fingerprint density at radius 2 is 1.88 bits per heavy atom. The van der Waals surface area contributed by atoms with Crippen molar-refractivity contribution in [2.75, 3.05) is 24.5 Å². The lowest BCUT2D eigenvalue weighted by Gasteiger charge is -2.47. The zero-order chi connectivity index (χ0) is 24.0. The fourth-order valence-corrected chi connectivity index (χ4v) is 4.66. The molecule has 3 aliphatic rings. The van der Waals surface area contributed by atoms with Crippen molar-refractivity contribution in [3.63, 3.8) is 0 Å². The average Bonchev–Trinajstić information content (AvgIpc) is 3.18. The molecule has 11 heteroatoms. The van der Waals surface area contributed by atoms with Gasteiger partial charge in [-0.1, -0.05) is 6.92 Å². The van der Waals surface area contributed by atoms with Gasteiger partial charge < -0.3 is 19.5 Å². The molecule has 178 valence electrons. The molecule has 1 N–H and O–H groups in total. The number of nitrogens with zero attached hydrogens (tertiary/aromatic N) is 4. The summed E-state index contributed by atoms with van der Waals surface area (Å²) in [6.45, 7) is 4.18. The van der Waals surface area contributed by atoms with Crippen molar-refractivity contribution < 1.29 is 32.3 Å². The topological polar surface area (TPSA) is 78.7 Å². The Labute approximate surface area is 187 Å². The van der Waals surface area contributed by atoms with Crippen LogP contribution in [0.5, 0.6) is 0 Å². The van der Waals surface area contributed by atoms with E-state index in [1.54, 1.807) is 4.90 Å². The number of rotatable bonds is 3. The van der Waals surface area contributed by atoms with Gasteiger partial charge in [-0.2, -0.15) is 13.2 Å². The standard InChI is InChI=1S/C20H23FN4O.C2HF3O2/c1-2-11-25-15-5-3-10-22-17(15)24-12-4-6-16(24)20(25)9-13-23(14-20)18(26)19(21)7-8-19;3-2(4,5)1(6)7/h3-6,10,12H,2,7-9,11,13-14H2,1H3;(H,6,7). The maximum atomic E-state index is 14.4. The molecule has 4 heterocycles. The predicted octanol–water partition coefficient (Wildman–Crippen LogP) is 3.67. The summed E-state index contributed by atoms with van der Waals surface area (Å²) in [5.41, 5.74) is 0.332. The highest BCUT2D eigenvalue weighted by Crippen LogP contribution is 2.49. The lowest BCUT2D eigenvalue weighted by Crippen LogP contribution is -2.53. The van der Waals surface area contributed by atoms with Crippen molar-refractivity contribution in [2.24, 2.45) is 0 Å². The van der Waals surface area contributed by atoms with Gasteiger partial charge in [0, 0.05) is 32.0 Å². The number of aromatic nitrogens is 2. The summed E-state index contributed by atoms with van der Waals surface area (Å²) >= 11 is 0. The fraction of sp³-hybridized carbons (Fsp3) is 0.500. The van der Waals surface area contributed by atoms with Crippen LogP contribution in [-0.2, 0) is 15.1 Å². The number of amides is 1. The number of fused-ring (bicyclic) bond motifs is 4. The Bertz CT molecular complexity index is 1070. The second-order valence-electron chi connectivity index (χ2n) is 8.54. The first-order valence-electron chi connectivity index (χ1n) is 10.7. The zero-order valence-corrected chi connectivity index (χ0v) is 18.0. The molecule has 2 aromatic heterocycles. The van der Waals surface area contributed by atoms with Crippen molar-refractivity contribution >= 4 is 17.6 Å². The molecule has 2 aliphatic heterocycles. The zero-order valence-electron chi connectivity index (χ0n) is 18.0. The van der Waals surface area contributed by atoms with Crippen LogP contribution in [0.3, 0.4) is 0 Å². The molecule has 1 spiro atoms. The lowest BCUT2D eigenvalue weighted by atomic mass is 9.88. The Morgan fingerprint density at radius 3 is 2.48 bits per heavy atom. The van der Waals surface area contributed by atoms with Gasteiger partial charge in [-0.05, 0) is 49.9 Å². The number of carboxylic acids is 1. The number of carbonyl (C=O) groups excluding carboxylic acids is 1. The summed E-state index contributed by atoms with van der Waals surface area (Å²) in [7, 11) is 0. The number of aliphatic carboxylic acids is 1. The smallest absolute Gasteiger partial charge is 0.475 e. The maximum absolute atomic E-state index is 14.4. The molecule has 33 heavy (non-hydrogen) atoms. The number of alkyl halides is 4. The molecular formula is C22H24F4N4O3. The largest absolute Gasteiger partial charge is 0.490 e. The van der Waals surface area contributed by atoms with E-state index in [0.29, 0.717) is 25.9 Å². The predicted molar refractivity (Wildman–Crippen MR) is 111 cm³/mol. The second-order valence-corrected chi connectivity index (χ2v) is 8.54. The number of hydrogen-bond acceptors (Lipinski definition) is 4. The quantitative estimate of drug-likeness (QED) is 0.696. The van der Waals surface area contributed by atoms with E-state index in [0.717, 1.165) is 36.6 Å². The molecule has 1 aliphatic carbocycles. The van der Waals surface area contributed by atoms with Crippen LogP contribution in [0.4, 0.5) is 23.2 Å². The Hall–Kier alpha value is -3.11. The highest BCUT2D eigenvalue weighted by atomic mass is 19.4. The van der Waals surface area contributed by atoms with E-state index < -0.39 is 17.8 Å². The fourth-order valence-electron chi connectivity index (χ4n) is 4.66. The minimum absolute atomic E-state index is 0.309. The number of hydrogen-bond donors (Lipinski definition) is 1. The molecule has 0 aromatic carbocycles. The third-order valence-electron chi connectivity index (χ3n) is 6.32. The van der Waals surface area contributed by atoms with E-state index in [-0.39, 0.29) is 11.4 Å². The molecule has 1 saturated carbocycles. The van der Waals surface area contributed by atoms with Crippen LogP contribution in [0.25, 0.3) is 5.82 Å². The maximum Gasteiger partial charge on any atom is 0.490 e. The number of pyridine rings is 1. The van der Waals surface area contributed by atoms with Gasteiger partial charge in [0.25, 0.3) is 5.91 Å². The minimum Gasteiger partial charge on any atom is -0.475 e. The van der Waals surface area contributed by atoms with Crippen molar-refractivity contribution in [1.82, 2.24) is 14.5 Å². The number of carbonyl (C=O) groups is 2. The first-order chi connectivity index (χ1) is 15.5. The van der Waals surface area contributed by atoms with E-state index in [4.69, 9.17) is 9.90 Å². The minimum atomic E-state index is -5.08. The average molecular weight is 468 g/mol. The number of halogens is 4. The molecule has 0 radical (unpaired) electrons. The summed E-state index contributed by atoms with van der Waals surface area (Å²) in [6, 6.07) is 8.22. The van der Waals surface area contributed by atoms with E-state index >= 15 is 0 Å². The third kappa shape index (κ3) is 3.93. The molecule has 2 aromatic rings. The summed E-state index contributed by atoms with van der Waals surface area (Å²) < 4.78 is 48.3. The Morgan fingerprint density at radius 1 is 1.18 bits per heavy atom. The van der Waals surface area contributed by atoms with Gasteiger partial charge in [0.2, 0.25) is 0 Å². The van der Waals surface area contributed by atoms with E-state index in [1.807, 2.05) is 24.5 Å². The summed E-state index contributed by atoms with van der Waals surface area (Å²) in [5.74, 6) is -2.14. The molecule has 1 amide bonds. The van der Waals surface area contributed by atoms with Crippen molar-refractivity contribution in [1.29, 1.82) is 0 Å². The van der Waals surface area contributed by atoms with Gasteiger partial charge >= 0.3 is 12.1 Å². The molecule has 1 saturated heterocycles. The molecule has 0 bridgehead atoms. The van der Waals surface area contributed by atoms with Crippen LogP contribution in [0.2, 0.25) is 0 Å². The van der Waals surface area contributed by atoms with Gasteiger partial charge in [-0.15, -0.1) is 0 Å². The van der Waals surface area contributed by atoms with Gasteiger partial charge in [-0.3, -0.25) is 4.79 Å². The first kappa shape index (κ1) is 23.1. The first-order valence-corrected chi connectivity index (χ1v) is 10.7. The van der Waals surface area contributed by atoms with Crippen LogP contribution < -0.4 is 4.90 Å². The van der Waals surface area contributed by atoms with Crippen molar-refractivity contribution in [2.45, 2.75) is 50.0 Å².